The number of aryl methyl sites for hydroxylation is 1. The second kappa shape index (κ2) is 5.22. The first-order chi connectivity index (χ1) is 8.92. The van der Waals surface area contributed by atoms with E-state index in [-0.39, 0.29) is 10.9 Å². The minimum absolute atomic E-state index is 0.0653. The molecule has 19 heavy (non-hydrogen) atoms. The van der Waals surface area contributed by atoms with Crippen LogP contribution in [0.5, 0.6) is 5.75 Å². The highest BCUT2D eigenvalue weighted by Crippen LogP contribution is 2.28. The molecule has 0 aliphatic heterocycles. The quantitative estimate of drug-likeness (QED) is 0.919. The van der Waals surface area contributed by atoms with Crippen LogP contribution in [-0.4, -0.2) is 20.5 Å². The van der Waals surface area contributed by atoms with Gasteiger partial charge in [0.15, 0.2) is 0 Å². The van der Waals surface area contributed by atoms with Crippen molar-refractivity contribution in [1.82, 2.24) is 4.98 Å². The zero-order chi connectivity index (χ0) is 14.0. The fourth-order valence-electron chi connectivity index (χ4n) is 1.39. The minimum Gasteiger partial charge on any atom is -0.496 e. The summed E-state index contributed by atoms with van der Waals surface area (Å²) in [5, 5.41) is 0. The SMILES string of the molecule is COc1ccc(S(=O)(=O)Nc2nc(C)co2)cc1Br. The molecule has 0 fully saturated rings. The summed E-state index contributed by atoms with van der Waals surface area (Å²) in [6, 6.07) is 4.36. The standard InChI is InChI=1S/C11H11BrN2O4S/c1-7-6-18-11(13-7)14-19(15,16)8-3-4-10(17-2)9(12)5-8/h3-6H,1-2H3,(H,13,14). The molecular weight excluding hydrogens is 336 g/mol. The molecule has 0 saturated carbocycles. The van der Waals surface area contributed by atoms with Crippen molar-refractivity contribution in [2.45, 2.75) is 11.8 Å². The highest BCUT2D eigenvalue weighted by Gasteiger charge is 2.18. The smallest absolute Gasteiger partial charge is 0.309 e. The van der Waals surface area contributed by atoms with Gasteiger partial charge in [-0.15, -0.1) is 0 Å². The van der Waals surface area contributed by atoms with Crippen molar-refractivity contribution in [2.24, 2.45) is 0 Å². The molecule has 6 nitrogen and oxygen atoms in total. The molecule has 1 aromatic carbocycles. The topological polar surface area (TPSA) is 81.4 Å². The van der Waals surface area contributed by atoms with E-state index in [0.717, 1.165) is 0 Å². The summed E-state index contributed by atoms with van der Waals surface area (Å²) >= 11 is 3.23. The molecule has 2 aromatic rings. The van der Waals surface area contributed by atoms with Crippen LogP contribution in [0.25, 0.3) is 0 Å². The number of oxazole rings is 1. The largest absolute Gasteiger partial charge is 0.496 e. The molecule has 1 N–H and O–H groups in total. The second-order valence-corrected chi connectivity index (χ2v) is 6.23. The van der Waals surface area contributed by atoms with Crippen LogP contribution in [0, 0.1) is 6.92 Å². The molecule has 0 saturated heterocycles. The lowest BCUT2D eigenvalue weighted by molar-refractivity contribution is 0.411. The Morgan fingerprint density at radius 2 is 2.16 bits per heavy atom. The van der Waals surface area contributed by atoms with Gasteiger partial charge in [-0.25, -0.2) is 13.1 Å². The van der Waals surface area contributed by atoms with Gasteiger partial charge in [-0.1, -0.05) is 0 Å². The Hall–Kier alpha value is -1.54. The number of hydrogen-bond donors (Lipinski definition) is 1. The Labute approximate surface area is 119 Å². The van der Waals surface area contributed by atoms with Gasteiger partial charge in [0.1, 0.15) is 12.0 Å². The van der Waals surface area contributed by atoms with Crippen LogP contribution in [-0.2, 0) is 10.0 Å². The molecular formula is C11H11BrN2O4S. The van der Waals surface area contributed by atoms with Gasteiger partial charge in [-0.2, -0.15) is 4.98 Å². The molecule has 0 bridgehead atoms. The van der Waals surface area contributed by atoms with Gasteiger partial charge in [0.25, 0.3) is 10.0 Å². The van der Waals surface area contributed by atoms with Gasteiger partial charge >= 0.3 is 6.01 Å². The number of rotatable bonds is 4. The molecule has 102 valence electrons. The molecule has 1 heterocycles. The number of halogens is 1. The van der Waals surface area contributed by atoms with Crippen LogP contribution in [0.15, 0.2) is 38.2 Å². The van der Waals surface area contributed by atoms with Gasteiger partial charge < -0.3 is 9.15 Å². The summed E-state index contributed by atoms with van der Waals surface area (Å²) in [4.78, 5) is 3.96. The highest BCUT2D eigenvalue weighted by molar-refractivity contribution is 9.10. The van der Waals surface area contributed by atoms with Gasteiger partial charge in [0.2, 0.25) is 0 Å². The fourth-order valence-corrected chi connectivity index (χ4v) is 3.04. The monoisotopic (exact) mass is 346 g/mol. The van der Waals surface area contributed by atoms with E-state index in [1.165, 1.54) is 25.5 Å². The summed E-state index contributed by atoms with van der Waals surface area (Å²) in [5.41, 5.74) is 0.591. The average molecular weight is 347 g/mol. The Kier molecular flexibility index (Phi) is 3.81. The third-order valence-corrected chi connectivity index (χ3v) is 4.21. The average Bonchev–Trinajstić information content (AvgIpc) is 2.73. The molecule has 8 heteroatoms. The van der Waals surface area contributed by atoms with E-state index in [4.69, 9.17) is 9.15 Å². The maximum atomic E-state index is 12.1. The zero-order valence-corrected chi connectivity index (χ0v) is 12.6. The van der Waals surface area contributed by atoms with Crippen molar-refractivity contribution < 1.29 is 17.6 Å². The first-order valence-corrected chi connectivity index (χ1v) is 7.48. The van der Waals surface area contributed by atoms with Gasteiger partial charge in [0, 0.05) is 0 Å². The molecule has 0 aliphatic carbocycles. The first kappa shape index (κ1) is 13.9. The molecule has 0 amide bonds. The van der Waals surface area contributed by atoms with Crippen LogP contribution in [0.3, 0.4) is 0 Å². The van der Waals surface area contributed by atoms with Gasteiger partial charge in [-0.3, -0.25) is 0 Å². The molecule has 0 aliphatic rings. The molecule has 0 atom stereocenters. The van der Waals surface area contributed by atoms with Crippen LogP contribution < -0.4 is 9.46 Å². The number of anilines is 1. The number of benzene rings is 1. The number of ether oxygens (including phenoxy) is 1. The summed E-state index contributed by atoms with van der Waals surface area (Å²) in [5.74, 6) is 0.547. The molecule has 0 unspecified atom stereocenters. The van der Waals surface area contributed by atoms with Gasteiger partial charge in [0.05, 0.1) is 22.2 Å². The fraction of sp³-hybridized carbons (Fsp3) is 0.182. The van der Waals surface area contributed by atoms with E-state index < -0.39 is 10.0 Å². The van der Waals surface area contributed by atoms with Crippen molar-refractivity contribution in [3.63, 3.8) is 0 Å². The maximum Gasteiger partial charge on any atom is 0.309 e. The summed E-state index contributed by atoms with van der Waals surface area (Å²) in [6.07, 6.45) is 1.36. The molecule has 1 aromatic heterocycles. The number of nitrogens with one attached hydrogen (secondary N) is 1. The number of aromatic nitrogens is 1. The van der Waals surface area contributed by atoms with E-state index in [1.54, 1.807) is 13.0 Å². The lowest BCUT2D eigenvalue weighted by atomic mass is 10.3. The Bertz CT molecular complexity index is 696. The summed E-state index contributed by atoms with van der Waals surface area (Å²) in [6.45, 7) is 1.70. The number of hydrogen-bond acceptors (Lipinski definition) is 5. The summed E-state index contributed by atoms with van der Waals surface area (Å²) < 4.78 is 37.0. The lowest BCUT2D eigenvalue weighted by Gasteiger charge is -2.07. The zero-order valence-electron chi connectivity index (χ0n) is 10.2. The third-order valence-electron chi connectivity index (χ3n) is 2.27. The molecule has 2 rings (SSSR count). The van der Waals surface area contributed by atoms with E-state index in [0.29, 0.717) is 15.9 Å². The first-order valence-electron chi connectivity index (χ1n) is 5.21. The van der Waals surface area contributed by atoms with Crippen molar-refractivity contribution in [3.8, 4) is 5.75 Å². The Morgan fingerprint density at radius 3 is 2.68 bits per heavy atom. The summed E-state index contributed by atoms with van der Waals surface area (Å²) in [7, 11) is -2.24. The molecule has 0 spiro atoms. The predicted octanol–water partition coefficient (Wildman–Crippen LogP) is 2.55. The van der Waals surface area contributed by atoms with Crippen LogP contribution >= 0.6 is 15.9 Å². The molecule has 0 radical (unpaired) electrons. The van der Waals surface area contributed by atoms with Crippen molar-refractivity contribution >= 4 is 32.0 Å². The number of sulfonamides is 1. The third kappa shape index (κ3) is 3.07. The Morgan fingerprint density at radius 1 is 1.42 bits per heavy atom. The number of methoxy groups -OCH3 is 1. The van der Waals surface area contributed by atoms with E-state index >= 15 is 0 Å². The van der Waals surface area contributed by atoms with E-state index in [9.17, 15) is 8.42 Å². The van der Waals surface area contributed by atoms with Crippen LogP contribution in [0.1, 0.15) is 5.69 Å². The highest BCUT2D eigenvalue weighted by atomic mass is 79.9. The normalized spacial score (nSPS) is 11.3. The van der Waals surface area contributed by atoms with Crippen molar-refractivity contribution in [3.05, 3.63) is 34.6 Å². The number of nitrogens with zero attached hydrogens (tertiary/aromatic N) is 1. The lowest BCUT2D eigenvalue weighted by Crippen LogP contribution is -2.13. The predicted molar refractivity (Wildman–Crippen MR) is 72.7 cm³/mol. The van der Waals surface area contributed by atoms with Crippen molar-refractivity contribution in [2.75, 3.05) is 11.8 Å². The minimum atomic E-state index is -3.74. The maximum absolute atomic E-state index is 12.1. The van der Waals surface area contributed by atoms with Gasteiger partial charge in [-0.05, 0) is 41.1 Å². The van der Waals surface area contributed by atoms with Crippen LogP contribution in [0.2, 0.25) is 0 Å². The van der Waals surface area contributed by atoms with E-state index in [2.05, 4.69) is 25.6 Å². The van der Waals surface area contributed by atoms with E-state index in [1.807, 2.05) is 0 Å². The Balaban J connectivity index is 2.31. The van der Waals surface area contributed by atoms with Crippen LogP contribution in [0.4, 0.5) is 6.01 Å². The second-order valence-electron chi connectivity index (χ2n) is 3.70. The van der Waals surface area contributed by atoms with Crippen molar-refractivity contribution in [1.29, 1.82) is 0 Å².